The van der Waals surface area contributed by atoms with Gasteiger partial charge in [0.1, 0.15) is 5.75 Å². The van der Waals surface area contributed by atoms with Crippen molar-refractivity contribution in [3.8, 4) is 11.4 Å². The summed E-state index contributed by atoms with van der Waals surface area (Å²) in [6, 6.07) is 17.4. The lowest BCUT2D eigenvalue weighted by Crippen LogP contribution is -2.30. The quantitative estimate of drug-likeness (QED) is 0.413. The number of nitrogens with zero attached hydrogens (tertiary/aromatic N) is 2. The first-order valence-electron chi connectivity index (χ1n) is 10.3. The van der Waals surface area contributed by atoms with E-state index >= 15 is 0 Å². The van der Waals surface area contributed by atoms with Crippen LogP contribution in [0.1, 0.15) is 22.5 Å². The first-order chi connectivity index (χ1) is 15.5. The van der Waals surface area contributed by atoms with Crippen molar-refractivity contribution >= 4 is 18.0 Å². The molecule has 2 aromatic carbocycles. The van der Waals surface area contributed by atoms with Gasteiger partial charge < -0.3 is 14.8 Å². The van der Waals surface area contributed by atoms with Crippen LogP contribution in [0.5, 0.6) is 5.75 Å². The Morgan fingerprint density at radius 2 is 1.78 bits per heavy atom. The van der Waals surface area contributed by atoms with E-state index in [1.165, 1.54) is 6.08 Å². The van der Waals surface area contributed by atoms with Crippen LogP contribution in [-0.2, 0) is 20.7 Å². The number of rotatable bonds is 9. The van der Waals surface area contributed by atoms with E-state index in [2.05, 4.69) is 10.4 Å². The van der Waals surface area contributed by atoms with Crippen molar-refractivity contribution in [2.24, 2.45) is 0 Å². The molecule has 7 nitrogen and oxygen atoms in total. The van der Waals surface area contributed by atoms with Gasteiger partial charge in [0.05, 0.1) is 18.5 Å². The Hall–Kier alpha value is -3.87. The van der Waals surface area contributed by atoms with Gasteiger partial charge in [-0.2, -0.15) is 5.10 Å². The van der Waals surface area contributed by atoms with Gasteiger partial charge in [-0.05, 0) is 56.2 Å². The normalized spacial score (nSPS) is 10.8. The second-order valence-electron chi connectivity index (χ2n) is 7.22. The Morgan fingerprint density at radius 3 is 2.47 bits per heavy atom. The van der Waals surface area contributed by atoms with Gasteiger partial charge in [-0.3, -0.25) is 4.79 Å². The fourth-order valence-electron chi connectivity index (χ4n) is 3.24. The van der Waals surface area contributed by atoms with Crippen LogP contribution in [0.25, 0.3) is 11.8 Å². The summed E-state index contributed by atoms with van der Waals surface area (Å²) in [6.07, 6.45) is 3.66. The zero-order chi connectivity index (χ0) is 22.9. The van der Waals surface area contributed by atoms with Crippen LogP contribution in [-0.4, -0.2) is 41.9 Å². The van der Waals surface area contributed by atoms with Crippen LogP contribution < -0.4 is 10.1 Å². The smallest absolute Gasteiger partial charge is 0.331 e. The number of aryl methyl sites for hydroxylation is 1. The molecule has 0 bridgehead atoms. The van der Waals surface area contributed by atoms with Gasteiger partial charge in [0, 0.05) is 23.9 Å². The van der Waals surface area contributed by atoms with E-state index in [4.69, 9.17) is 9.47 Å². The summed E-state index contributed by atoms with van der Waals surface area (Å²) in [6.45, 7) is 3.95. The van der Waals surface area contributed by atoms with Gasteiger partial charge in [-0.15, -0.1) is 0 Å². The first kappa shape index (κ1) is 22.8. The number of carbonyl (C=O) groups excluding carboxylic acids is 2. The van der Waals surface area contributed by atoms with E-state index in [9.17, 15) is 9.59 Å². The molecule has 0 atom stereocenters. The monoisotopic (exact) mass is 433 g/mol. The molecule has 0 radical (unpaired) electrons. The lowest BCUT2D eigenvalue weighted by molar-refractivity contribution is -0.143. The van der Waals surface area contributed by atoms with Gasteiger partial charge in [-0.1, -0.05) is 30.3 Å². The van der Waals surface area contributed by atoms with Crippen molar-refractivity contribution in [1.82, 2.24) is 15.1 Å². The third-order valence-corrected chi connectivity index (χ3v) is 4.97. The number of carbonyl (C=O) groups is 2. The number of nitrogens with one attached hydrogen (secondary N) is 1. The maximum Gasteiger partial charge on any atom is 0.331 e. The minimum atomic E-state index is -0.582. The van der Waals surface area contributed by atoms with Crippen LogP contribution in [0.4, 0.5) is 0 Å². The highest BCUT2D eigenvalue weighted by Gasteiger charge is 2.11. The summed E-state index contributed by atoms with van der Waals surface area (Å²) >= 11 is 0. The summed E-state index contributed by atoms with van der Waals surface area (Å²) < 4.78 is 12.0. The van der Waals surface area contributed by atoms with Crippen molar-refractivity contribution in [2.45, 2.75) is 20.3 Å². The summed E-state index contributed by atoms with van der Waals surface area (Å²) in [4.78, 5) is 24.0. The molecule has 0 fully saturated rings. The molecule has 0 aliphatic rings. The topological polar surface area (TPSA) is 82.4 Å². The molecule has 0 saturated heterocycles. The Labute approximate surface area is 187 Å². The molecule has 1 heterocycles. The lowest BCUT2D eigenvalue weighted by atomic mass is 10.1. The van der Waals surface area contributed by atoms with Crippen molar-refractivity contribution in [2.75, 3.05) is 20.3 Å². The molecule has 0 aliphatic carbocycles. The van der Waals surface area contributed by atoms with Crippen LogP contribution in [0.15, 0.2) is 60.7 Å². The molecular weight excluding hydrogens is 406 g/mol. The molecule has 32 heavy (non-hydrogen) atoms. The van der Waals surface area contributed by atoms with Crippen LogP contribution in [0, 0.1) is 13.8 Å². The van der Waals surface area contributed by atoms with Gasteiger partial charge in [0.2, 0.25) is 0 Å². The predicted molar refractivity (Wildman–Crippen MR) is 123 cm³/mol. The highest BCUT2D eigenvalue weighted by atomic mass is 16.5. The van der Waals surface area contributed by atoms with E-state index in [1.54, 1.807) is 13.2 Å². The molecule has 0 aliphatic heterocycles. The van der Waals surface area contributed by atoms with Crippen molar-refractivity contribution < 1.29 is 19.1 Å². The van der Waals surface area contributed by atoms with Gasteiger partial charge in [0.15, 0.2) is 6.61 Å². The molecule has 0 spiro atoms. The predicted octanol–water partition coefficient (Wildman–Crippen LogP) is 3.41. The summed E-state index contributed by atoms with van der Waals surface area (Å²) in [5, 5.41) is 7.29. The Bertz CT molecular complexity index is 1090. The highest BCUT2D eigenvalue weighted by Crippen LogP contribution is 2.19. The zero-order valence-corrected chi connectivity index (χ0v) is 18.5. The first-order valence-corrected chi connectivity index (χ1v) is 10.3. The molecular formula is C25H27N3O4. The second kappa shape index (κ2) is 10.9. The fourth-order valence-corrected chi connectivity index (χ4v) is 3.24. The van der Waals surface area contributed by atoms with Gasteiger partial charge in [0.25, 0.3) is 5.91 Å². The van der Waals surface area contributed by atoms with E-state index in [0.717, 1.165) is 34.0 Å². The van der Waals surface area contributed by atoms with E-state index in [1.807, 2.05) is 73.1 Å². The average molecular weight is 434 g/mol. The standard InChI is InChI=1S/C25H27N3O4/c1-18-23(19(2)28(27-18)21-7-5-4-6-8-21)13-14-25(30)32-17-24(29)26-16-15-20-9-11-22(31-3)12-10-20/h4-14H,15-17H2,1-3H3,(H,26,29). The minimum absolute atomic E-state index is 0.326. The Balaban J connectivity index is 1.46. The number of ether oxygens (including phenoxy) is 2. The average Bonchev–Trinajstić information content (AvgIpc) is 3.10. The Kier molecular flexibility index (Phi) is 7.80. The summed E-state index contributed by atoms with van der Waals surface area (Å²) in [7, 11) is 1.62. The largest absolute Gasteiger partial charge is 0.497 e. The number of hydrogen-bond donors (Lipinski definition) is 1. The van der Waals surface area contributed by atoms with Crippen LogP contribution >= 0.6 is 0 Å². The molecule has 7 heteroatoms. The maximum atomic E-state index is 12.0. The molecule has 0 saturated carbocycles. The number of hydrogen-bond acceptors (Lipinski definition) is 5. The summed E-state index contributed by atoms with van der Waals surface area (Å²) in [5.74, 6) is -0.137. The van der Waals surface area contributed by atoms with Crippen molar-refractivity contribution in [3.63, 3.8) is 0 Å². The van der Waals surface area contributed by atoms with Crippen molar-refractivity contribution in [3.05, 3.63) is 83.2 Å². The molecule has 1 amide bonds. The molecule has 0 unspecified atom stereocenters. The number of amides is 1. The Morgan fingerprint density at radius 1 is 1.06 bits per heavy atom. The molecule has 166 valence electrons. The fraction of sp³-hybridized carbons (Fsp3) is 0.240. The number of methoxy groups -OCH3 is 1. The van der Waals surface area contributed by atoms with Gasteiger partial charge in [-0.25, -0.2) is 9.48 Å². The SMILES string of the molecule is COc1ccc(CCNC(=O)COC(=O)C=Cc2c(C)nn(-c3ccccc3)c2C)cc1. The van der Waals surface area contributed by atoms with E-state index in [0.29, 0.717) is 13.0 Å². The number of aromatic nitrogens is 2. The summed E-state index contributed by atoms with van der Waals surface area (Å²) in [5.41, 5.74) is 4.57. The molecule has 3 rings (SSSR count). The van der Waals surface area contributed by atoms with Gasteiger partial charge >= 0.3 is 5.97 Å². The molecule has 1 aromatic heterocycles. The molecule has 1 N–H and O–H groups in total. The van der Waals surface area contributed by atoms with E-state index < -0.39 is 5.97 Å². The van der Waals surface area contributed by atoms with Crippen LogP contribution in [0.2, 0.25) is 0 Å². The zero-order valence-electron chi connectivity index (χ0n) is 18.5. The number of esters is 1. The third kappa shape index (κ3) is 6.07. The lowest BCUT2D eigenvalue weighted by Gasteiger charge is -2.06. The van der Waals surface area contributed by atoms with E-state index in [-0.39, 0.29) is 12.5 Å². The highest BCUT2D eigenvalue weighted by molar-refractivity contribution is 5.89. The second-order valence-corrected chi connectivity index (χ2v) is 7.22. The molecule has 3 aromatic rings. The maximum absolute atomic E-state index is 12.0. The number of benzene rings is 2. The number of para-hydroxylation sites is 1. The minimum Gasteiger partial charge on any atom is -0.497 e. The van der Waals surface area contributed by atoms with Crippen molar-refractivity contribution in [1.29, 1.82) is 0 Å². The third-order valence-electron chi connectivity index (χ3n) is 4.97. The van der Waals surface area contributed by atoms with Crippen LogP contribution in [0.3, 0.4) is 0 Å².